The summed E-state index contributed by atoms with van der Waals surface area (Å²) in [5.74, 6) is -0.308. The van der Waals surface area contributed by atoms with E-state index >= 15 is 0 Å². The van der Waals surface area contributed by atoms with Crippen LogP contribution >= 0.6 is 15.9 Å². The Hall–Kier alpha value is -2.14. The molecule has 0 heterocycles. The molecule has 0 fully saturated rings. The molecule has 0 aliphatic carbocycles. The van der Waals surface area contributed by atoms with Gasteiger partial charge in [-0.1, -0.05) is 40.2 Å². The number of hydrogen-bond acceptors (Lipinski definition) is 2. The zero-order chi connectivity index (χ0) is 15.1. The van der Waals surface area contributed by atoms with Crippen LogP contribution in [0.4, 0.5) is 0 Å². The van der Waals surface area contributed by atoms with Crippen molar-refractivity contribution in [3.63, 3.8) is 0 Å². The second-order valence-electron chi connectivity index (χ2n) is 4.39. The van der Waals surface area contributed by atoms with Crippen LogP contribution in [0.2, 0.25) is 0 Å². The van der Waals surface area contributed by atoms with Gasteiger partial charge in [-0.3, -0.25) is 9.59 Å². The summed E-state index contributed by atoms with van der Waals surface area (Å²) >= 11 is 3.32. The maximum absolute atomic E-state index is 11.9. The summed E-state index contributed by atoms with van der Waals surface area (Å²) in [5.41, 5.74) is 1.19. The molecule has 2 N–H and O–H groups in total. The van der Waals surface area contributed by atoms with E-state index in [2.05, 4.69) is 26.6 Å². The lowest BCUT2D eigenvalue weighted by atomic mass is 10.2. The third kappa shape index (κ3) is 4.72. The minimum atomic E-state index is -0.162. The molecule has 0 spiro atoms. The number of carbonyl (C=O) groups is 2. The van der Waals surface area contributed by atoms with Crippen molar-refractivity contribution in [3.8, 4) is 0 Å². The molecule has 0 unspecified atom stereocenters. The van der Waals surface area contributed by atoms with Crippen molar-refractivity contribution in [3.05, 3.63) is 70.2 Å². The molecule has 0 aliphatic rings. The average Bonchev–Trinajstić information content (AvgIpc) is 2.52. The molecule has 2 amide bonds. The highest BCUT2D eigenvalue weighted by molar-refractivity contribution is 9.10. The largest absolute Gasteiger partial charge is 0.350 e. The van der Waals surface area contributed by atoms with Gasteiger partial charge in [0, 0.05) is 28.7 Å². The molecule has 0 aromatic heterocycles. The van der Waals surface area contributed by atoms with Gasteiger partial charge in [-0.05, 0) is 30.3 Å². The molecule has 0 aliphatic heterocycles. The minimum Gasteiger partial charge on any atom is -0.350 e. The van der Waals surface area contributed by atoms with Gasteiger partial charge in [0.1, 0.15) is 0 Å². The third-order valence-corrected chi connectivity index (χ3v) is 3.31. The highest BCUT2D eigenvalue weighted by atomic mass is 79.9. The molecule has 0 radical (unpaired) electrons. The van der Waals surface area contributed by atoms with Crippen LogP contribution in [-0.4, -0.2) is 24.9 Å². The maximum atomic E-state index is 11.9. The molecule has 4 nitrogen and oxygen atoms in total. The van der Waals surface area contributed by atoms with Crippen molar-refractivity contribution in [2.45, 2.75) is 0 Å². The number of carbonyl (C=O) groups excluding carboxylic acids is 2. The smallest absolute Gasteiger partial charge is 0.251 e. The Morgan fingerprint density at radius 3 is 2.00 bits per heavy atom. The quantitative estimate of drug-likeness (QED) is 0.817. The maximum Gasteiger partial charge on any atom is 0.251 e. The Kier molecular flexibility index (Phi) is 5.51. The van der Waals surface area contributed by atoms with Gasteiger partial charge in [-0.25, -0.2) is 0 Å². The molecule has 0 saturated carbocycles. The lowest BCUT2D eigenvalue weighted by Gasteiger charge is -2.07. The average molecular weight is 347 g/mol. The fraction of sp³-hybridized carbons (Fsp3) is 0.125. The zero-order valence-electron chi connectivity index (χ0n) is 11.3. The summed E-state index contributed by atoms with van der Waals surface area (Å²) in [7, 11) is 0. The number of hydrogen-bond donors (Lipinski definition) is 2. The Balaban J connectivity index is 1.75. The highest BCUT2D eigenvalue weighted by Crippen LogP contribution is 2.11. The first-order valence-electron chi connectivity index (χ1n) is 6.54. The number of nitrogens with one attached hydrogen (secondary N) is 2. The lowest BCUT2D eigenvalue weighted by Crippen LogP contribution is -2.34. The molecular formula is C16H15BrN2O2. The van der Waals surface area contributed by atoms with Gasteiger partial charge in [-0.2, -0.15) is 0 Å². The van der Waals surface area contributed by atoms with Gasteiger partial charge in [0.25, 0.3) is 11.8 Å². The predicted molar refractivity (Wildman–Crippen MR) is 85.3 cm³/mol. The molecule has 2 rings (SSSR count). The summed E-state index contributed by atoms with van der Waals surface area (Å²) < 4.78 is 0.854. The molecule has 0 bridgehead atoms. The van der Waals surface area contributed by atoms with E-state index in [4.69, 9.17) is 0 Å². The molecule has 5 heteroatoms. The first-order valence-corrected chi connectivity index (χ1v) is 7.33. The van der Waals surface area contributed by atoms with E-state index in [0.717, 1.165) is 4.47 Å². The first kappa shape index (κ1) is 15.3. The van der Waals surface area contributed by atoms with Gasteiger partial charge in [0.15, 0.2) is 0 Å². The Morgan fingerprint density at radius 2 is 1.38 bits per heavy atom. The van der Waals surface area contributed by atoms with Crippen molar-refractivity contribution < 1.29 is 9.59 Å². The van der Waals surface area contributed by atoms with Gasteiger partial charge in [0.05, 0.1) is 0 Å². The fourth-order valence-corrected chi connectivity index (χ4v) is 2.17. The zero-order valence-corrected chi connectivity index (χ0v) is 12.9. The summed E-state index contributed by atoms with van der Waals surface area (Å²) in [6.07, 6.45) is 0. The normalized spacial score (nSPS) is 9.95. The molecule has 2 aromatic rings. The molecule has 108 valence electrons. The highest BCUT2D eigenvalue weighted by Gasteiger charge is 2.06. The standard InChI is InChI=1S/C16H15BrN2O2/c17-14-8-4-7-13(11-14)16(21)19-10-9-18-15(20)12-5-2-1-3-6-12/h1-8,11H,9-10H2,(H,18,20)(H,19,21). The van der Waals surface area contributed by atoms with Crippen LogP contribution in [0.1, 0.15) is 20.7 Å². The van der Waals surface area contributed by atoms with Crippen LogP contribution < -0.4 is 10.6 Å². The van der Waals surface area contributed by atoms with Crippen molar-refractivity contribution >= 4 is 27.7 Å². The van der Waals surface area contributed by atoms with Crippen LogP contribution in [0, 0.1) is 0 Å². The third-order valence-electron chi connectivity index (χ3n) is 2.82. The van der Waals surface area contributed by atoms with Crippen LogP contribution in [0.25, 0.3) is 0 Å². The van der Waals surface area contributed by atoms with Gasteiger partial charge in [0.2, 0.25) is 0 Å². The molecule has 0 atom stereocenters. The number of benzene rings is 2. The van der Waals surface area contributed by atoms with Crippen LogP contribution in [0.3, 0.4) is 0 Å². The van der Waals surface area contributed by atoms with Crippen LogP contribution in [0.15, 0.2) is 59.1 Å². The van der Waals surface area contributed by atoms with E-state index in [1.165, 1.54) is 0 Å². The van der Waals surface area contributed by atoms with Crippen molar-refractivity contribution in [1.82, 2.24) is 10.6 Å². The lowest BCUT2D eigenvalue weighted by molar-refractivity contribution is 0.0927. The molecule has 21 heavy (non-hydrogen) atoms. The van der Waals surface area contributed by atoms with E-state index in [1.807, 2.05) is 24.3 Å². The second-order valence-corrected chi connectivity index (χ2v) is 5.30. The van der Waals surface area contributed by atoms with Crippen LogP contribution in [-0.2, 0) is 0 Å². The van der Waals surface area contributed by atoms with Gasteiger partial charge in [-0.15, -0.1) is 0 Å². The van der Waals surface area contributed by atoms with Gasteiger partial charge >= 0.3 is 0 Å². The first-order chi connectivity index (χ1) is 10.2. The van der Waals surface area contributed by atoms with Gasteiger partial charge < -0.3 is 10.6 Å². The molecule has 2 aromatic carbocycles. The van der Waals surface area contributed by atoms with E-state index < -0.39 is 0 Å². The fourth-order valence-electron chi connectivity index (χ4n) is 1.78. The van der Waals surface area contributed by atoms with E-state index in [0.29, 0.717) is 24.2 Å². The molecule has 0 saturated heterocycles. The monoisotopic (exact) mass is 346 g/mol. The van der Waals surface area contributed by atoms with Crippen molar-refractivity contribution in [2.24, 2.45) is 0 Å². The number of amides is 2. The topological polar surface area (TPSA) is 58.2 Å². The van der Waals surface area contributed by atoms with E-state index in [1.54, 1.807) is 30.3 Å². The predicted octanol–water partition coefficient (Wildman–Crippen LogP) is 2.61. The minimum absolute atomic E-state index is 0.146. The van der Waals surface area contributed by atoms with Crippen LogP contribution in [0.5, 0.6) is 0 Å². The summed E-state index contributed by atoms with van der Waals surface area (Å²) in [4.78, 5) is 23.6. The summed E-state index contributed by atoms with van der Waals surface area (Å²) in [6.45, 7) is 0.761. The Labute approximate surface area is 131 Å². The van der Waals surface area contributed by atoms with E-state index in [9.17, 15) is 9.59 Å². The summed E-state index contributed by atoms with van der Waals surface area (Å²) in [5, 5.41) is 5.51. The van der Waals surface area contributed by atoms with E-state index in [-0.39, 0.29) is 11.8 Å². The molecular weight excluding hydrogens is 332 g/mol. The Bertz CT molecular complexity index is 629. The Morgan fingerprint density at radius 1 is 0.810 bits per heavy atom. The number of rotatable bonds is 5. The van der Waals surface area contributed by atoms with Crippen molar-refractivity contribution in [1.29, 1.82) is 0 Å². The van der Waals surface area contributed by atoms with Crippen molar-refractivity contribution in [2.75, 3.05) is 13.1 Å². The summed E-state index contributed by atoms with van der Waals surface area (Å²) in [6, 6.07) is 16.1. The number of halogens is 1. The SMILES string of the molecule is O=C(NCCNC(=O)c1cccc(Br)c1)c1ccccc1. The second kappa shape index (κ2) is 7.59.